The van der Waals surface area contributed by atoms with Crippen molar-refractivity contribution in [2.75, 3.05) is 39.6 Å². The number of carbonyl (C=O) groups excluding carboxylic acids is 4. The van der Waals surface area contributed by atoms with Crippen LogP contribution in [0.5, 0.6) is 0 Å². The van der Waals surface area contributed by atoms with E-state index in [9.17, 15) is 43.2 Å². The Balaban J connectivity index is 5.21. The van der Waals surface area contributed by atoms with Gasteiger partial charge in [-0.2, -0.15) is 0 Å². The van der Waals surface area contributed by atoms with E-state index in [2.05, 4.69) is 34.6 Å². The van der Waals surface area contributed by atoms with E-state index in [0.29, 0.717) is 25.7 Å². The van der Waals surface area contributed by atoms with E-state index >= 15 is 0 Å². The third-order valence-corrected chi connectivity index (χ3v) is 18.7. The molecule has 0 bridgehead atoms. The first-order chi connectivity index (χ1) is 44.0. The Hall–Kier alpha value is -1.94. The van der Waals surface area contributed by atoms with Gasteiger partial charge in [-0.15, -0.1) is 0 Å². The second-order valence-corrected chi connectivity index (χ2v) is 29.4. The van der Waals surface area contributed by atoms with Gasteiger partial charge in [-0.3, -0.25) is 37.3 Å². The second kappa shape index (κ2) is 65.4. The van der Waals surface area contributed by atoms with Gasteiger partial charge in [0.1, 0.15) is 19.3 Å². The molecule has 0 spiro atoms. The van der Waals surface area contributed by atoms with E-state index < -0.39 is 97.5 Å². The predicted molar refractivity (Wildman–Crippen MR) is 368 cm³/mol. The minimum Gasteiger partial charge on any atom is -0.462 e. The van der Waals surface area contributed by atoms with Gasteiger partial charge in [0.2, 0.25) is 0 Å². The van der Waals surface area contributed by atoms with Crippen molar-refractivity contribution in [3.63, 3.8) is 0 Å². The average molecular weight is 1340 g/mol. The number of ether oxygens (including phenoxy) is 4. The Labute approximate surface area is 556 Å². The summed E-state index contributed by atoms with van der Waals surface area (Å²) >= 11 is 0. The molecule has 5 atom stereocenters. The van der Waals surface area contributed by atoms with Crippen LogP contribution in [-0.2, 0) is 65.4 Å². The van der Waals surface area contributed by atoms with E-state index in [1.165, 1.54) is 199 Å². The van der Waals surface area contributed by atoms with Crippen molar-refractivity contribution in [1.29, 1.82) is 0 Å². The zero-order chi connectivity index (χ0) is 67.0. The highest BCUT2D eigenvalue weighted by Gasteiger charge is 2.30. The van der Waals surface area contributed by atoms with Crippen molar-refractivity contribution >= 4 is 39.5 Å². The summed E-state index contributed by atoms with van der Waals surface area (Å²) in [7, 11) is -9.90. The van der Waals surface area contributed by atoms with E-state index in [1.807, 2.05) is 0 Å². The first-order valence-electron chi connectivity index (χ1n) is 37.6. The van der Waals surface area contributed by atoms with Crippen molar-refractivity contribution in [3.8, 4) is 0 Å². The van der Waals surface area contributed by atoms with E-state index in [1.54, 1.807) is 0 Å². The maximum Gasteiger partial charge on any atom is 0.472 e. The Bertz CT molecular complexity index is 1750. The van der Waals surface area contributed by atoms with Crippen LogP contribution in [0.3, 0.4) is 0 Å². The smallest absolute Gasteiger partial charge is 0.462 e. The normalized spacial score (nSPS) is 14.0. The summed E-state index contributed by atoms with van der Waals surface area (Å²) in [6.45, 7) is 7.28. The minimum atomic E-state index is -4.95. The van der Waals surface area contributed by atoms with Crippen LogP contribution in [-0.4, -0.2) is 96.7 Å². The molecule has 0 amide bonds. The fraction of sp³-hybridized carbons (Fsp3) is 0.944. The lowest BCUT2D eigenvalue weighted by Crippen LogP contribution is -2.30. The molecule has 0 aromatic rings. The number of phosphoric ester groups is 2. The lowest BCUT2D eigenvalue weighted by atomic mass is 10.0. The summed E-state index contributed by atoms with van der Waals surface area (Å²) in [6.07, 6.45) is 52.5. The molecule has 0 rings (SSSR count). The lowest BCUT2D eigenvalue weighted by molar-refractivity contribution is -0.161. The molecule has 0 aromatic heterocycles. The van der Waals surface area contributed by atoms with E-state index in [-0.39, 0.29) is 25.7 Å². The second-order valence-electron chi connectivity index (χ2n) is 26.5. The fourth-order valence-corrected chi connectivity index (χ4v) is 12.6. The number of unbranched alkanes of at least 4 members (excludes halogenated alkanes) is 44. The summed E-state index contributed by atoms with van der Waals surface area (Å²) in [5.41, 5.74) is 0. The largest absolute Gasteiger partial charge is 0.472 e. The Morgan fingerprint density at radius 2 is 0.505 bits per heavy atom. The summed E-state index contributed by atoms with van der Waals surface area (Å²) < 4.78 is 68.3. The van der Waals surface area contributed by atoms with Crippen LogP contribution in [0.2, 0.25) is 0 Å². The van der Waals surface area contributed by atoms with Crippen molar-refractivity contribution in [3.05, 3.63) is 0 Å². The molecule has 0 aromatic carbocycles. The third-order valence-electron chi connectivity index (χ3n) is 16.8. The molecule has 0 aliphatic heterocycles. The molecule has 0 fully saturated rings. The highest BCUT2D eigenvalue weighted by molar-refractivity contribution is 7.47. The average Bonchev–Trinajstić information content (AvgIpc) is 2.27. The number of aliphatic hydroxyl groups is 1. The highest BCUT2D eigenvalue weighted by Crippen LogP contribution is 2.45. The van der Waals surface area contributed by atoms with Crippen LogP contribution in [0.25, 0.3) is 0 Å². The molecule has 17 nitrogen and oxygen atoms in total. The number of esters is 4. The molecule has 540 valence electrons. The monoisotopic (exact) mass is 1340 g/mol. The first-order valence-corrected chi connectivity index (χ1v) is 40.6. The number of hydrogen-bond acceptors (Lipinski definition) is 15. The maximum absolute atomic E-state index is 13.0. The standard InChI is InChI=1S/C72H140O17P2/c1-6-9-12-15-18-21-29-35-40-45-50-55-69(74)82-61-67(88-71(76)57-52-47-42-37-31-23-20-17-14-11-8-3)63-86-90(78,79)84-59-66(73)60-85-91(80,81)87-64-68(62-83-70(75)56-51-46-41-36-30-22-19-16-13-10-7-2)89-72(77)58-53-48-43-38-33-28-26-24-25-27-32-34-39-44-49-54-65(4)5/h65-68,73H,6-64H2,1-5H3,(H,78,79)(H,80,81)/t66-,67+,68+/m0/s1. The van der Waals surface area contributed by atoms with Crippen molar-refractivity contribution in [2.45, 2.75) is 393 Å². The SMILES string of the molecule is CCCCCCCCCCCCCC(=O)OC[C@H](COP(=O)(O)OC[C@H](O)COP(=O)(O)OC[C@@H](COC(=O)CCCCCCCCCCCCC)OC(=O)CCCCCCCCCCCCCCCCCC(C)C)OC(=O)CCCCCCCCCCCCC. The van der Waals surface area contributed by atoms with Crippen molar-refractivity contribution < 1.29 is 80.2 Å². The van der Waals surface area contributed by atoms with Gasteiger partial charge in [0.15, 0.2) is 12.2 Å². The van der Waals surface area contributed by atoms with Gasteiger partial charge in [0.05, 0.1) is 26.4 Å². The Kier molecular flexibility index (Phi) is 64.0. The minimum absolute atomic E-state index is 0.107. The topological polar surface area (TPSA) is 237 Å². The van der Waals surface area contributed by atoms with Crippen LogP contribution in [0.15, 0.2) is 0 Å². The van der Waals surface area contributed by atoms with Crippen LogP contribution in [0, 0.1) is 5.92 Å². The van der Waals surface area contributed by atoms with Gasteiger partial charge in [-0.25, -0.2) is 9.13 Å². The van der Waals surface area contributed by atoms with E-state index in [4.69, 9.17) is 37.0 Å². The van der Waals surface area contributed by atoms with Gasteiger partial charge in [-0.05, 0) is 31.6 Å². The van der Waals surface area contributed by atoms with Crippen LogP contribution < -0.4 is 0 Å². The van der Waals surface area contributed by atoms with Crippen LogP contribution in [0.4, 0.5) is 0 Å². The highest BCUT2D eigenvalue weighted by atomic mass is 31.2. The van der Waals surface area contributed by atoms with Gasteiger partial charge in [0, 0.05) is 25.7 Å². The van der Waals surface area contributed by atoms with Gasteiger partial charge in [-0.1, -0.05) is 324 Å². The summed E-state index contributed by atoms with van der Waals surface area (Å²) in [5.74, 6) is -1.31. The summed E-state index contributed by atoms with van der Waals surface area (Å²) in [6, 6.07) is 0. The summed E-state index contributed by atoms with van der Waals surface area (Å²) in [5, 5.41) is 10.6. The molecule has 0 saturated heterocycles. The molecular formula is C72H140O17P2. The molecule has 2 unspecified atom stereocenters. The van der Waals surface area contributed by atoms with Gasteiger partial charge >= 0.3 is 39.5 Å². The molecule has 0 radical (unpaired) electrons. The number of aliphatic hydroxyl groups excluding tert-OH is 1. The molecular weight excluding hydrogens is 1200 g/mol. The number of phosphoric acid groups is 2. The molecule has 0 heterocycles. The molecule has 0 aliphatic rings. The van der Waals surface area contributed by atoms with Crippen molar-refractivity contribution in [2.24, 2.45) is 5.92 Å². The number of rotatable bonds is 72. The molecule has 3 N–H and O–H groups in total. The van der Waals surface area contributed by atoms with Gasteiger partial charge < -0.3 is 33.8 Å². The fourth-order valence-electron chi connectivity index (χ4n) is 11.0. The van der Waals surface area contributed by atoms with Crippen LogP contribution >= 0.6 is 15.6 Å². The molecule has 19 heteroatoms. The zero-order valence-electron chi connectivity index (χ0n) is 59.0. The molecule has 91 heavy (non-hydrogen) atoms. The number of carbonyl (C=O) groups is 4. The maximum atomic E-state index is 13.0. The first kappa shape index (κ1) is 89.1. The number of hydrogen-bond donors (Lipinski definition) is 3. The predicted octanol–water partition coefficient (Wildman–Crippen LogP) is 20.9. The Morgan fingerprint density at radius 3 is 0.747 bits per heavy atom. The molecule has 0 aliphatic carbocycles. The Morgan fingerprint density at radius 1 is 0.297 bits per heavy atom. The zero-order valence-corrected chi connectivity index (χ0v) is 60.8. The quantitative estimate of drug-likeness (QED) is 0.0222. The summed E-state index contributed by atoms with van der Waals surface area (Å²) in [4.78, 5) is 72.6. The van der Waals surface area contributed by atoms with Crippen molar-refractivity contribution in [1.82, 2.24) is 0 Å². The van der Waals surface area contributed by atoms with E-state index in [0.717, 1.165) is 95.8 Å². The van der Waals surface area contributed by atoms with Crippen LogP contribution in [0.1, 0.15) is 375 Å². The lowest BCUT2D eigenvalue weighted by Gasteiger charge is -2.21. The van der Waals surface area contributed by atoms with Gasteiger partial charge in [0.25, 0.3) is 0 Å². The third kappa shape index (κ3) is 66.5. The molecule has 0 saturated carbocycles.